The molecule has 1 saturated heterocycles. The van der Waals surface area contributed by atoms with Crippen LogP contribution in [0.5, 0.6) is 0 Å². The summed E-state index contributed by atoms with van der Waals surface area (Å²) in [5.41, 5.74) is 3.39. The maximum absolute atomic E-state index is 5.81. The highest BCUT2D eigenvalue weighted by atomic mass is 16.6. The van der Waals surface area contributed by atoms with E-state index in [0.29, 0.717) is 12.0 Å². The quantitative estimate of drug-likeness (QED) is 0.862. The van der Waals surface area contributed by atoms with Gasteiger partial charge in [-0.1, -0.05) is 18.2 Å². The van der Waals surface area contributed by atoms with Gasteiger partial charge < -0.3 is 4.90 Å². The van der Waals surface area contributed by atoms with E-state index >= 15 is 0 Å². The lowest BCUT2D eigenvalue weighted by molar-refractivity contribution is -0.104. The first kappa shape index (κ1) is 16.5. The van der Waals surface area contributed by atoms with Crippen molar-refractivity contribution in [2.45, 2.75) is 59.1 Å². The molecule has 1 aromatic carbocycles. The van der Waals surface area contributed by atoms with Crippen LogP contribution in [0.15, 0.2) is 18.2 Å². The largest absolute Gasteiger partial charge is 0.301 e. The molecule has 2 N–H and O–H groups in total. The molecular weight excluding hydrogens is 260 g/mol. The zero-order valence-electron chi connectivity index (χ0n) is 14.1. The molecule has 0 amide bonds. The molecule has 2 atom stereocenters. The average Bonchev–Trinajstić information content (AvgIpc) is 2.46. The SMILES string of the molecule is Cc1cccc(C)c1C(C)(ON)C1CCCN(C(C)C)C1. The Balaban J connectivity index is 2.37. The van der Waals surface area contributed by atoms with Gasteiger partial charge in [-0.3, -0.25) is 4.84 Å². The minimum absolute atomic E-state index is 0.414. The Kier molecular flexibility index (Phi) is 5.07. The molecule has 0 spiro atoms. The van der Waals surface area contributed by atoms with Crippen LogP contribution in [-0.4, -0.2) is 24.0 Å². The van der Waals surface area contributed by atoms with Crippen molar-refractivity contribution >= 4 is 0 Å². The van der Waals surface area contributed by atoms with Crippen molar-refractivity contribution in [1.82, 2.24) is 4.90 Å². The van der Waals surface area contributed by atoms with Crippen molar-refractivity contribution in [2.75, 3.05) is 13.1 Å². The van der Waals surface area contributed by atoms with Gasteiger partial charge in [0.1, 0.15) is 5.60 Å². The highest BCUT2D eigenvalue weighted by Crippen LogP contribution is 2.40. The number of piperidine rings is 1. The van der Waals surface area contributed by atoms with Gasteiger partial charge in [-0.15, -0.1) is 0 Å². The van der Waals surface area contributed by atoms with Gasteiger partial charge in [-0.2, -0.15) is 0 Å². The van der Waals surface area contributed by atoms with Crippen molar-refractivity contribution < 1.29 is 4.84 Å². The molecule has 2 unspecified atom stereocenters. The molecule has 3 nitrogen and oxygen atoms in total. The van der Waals surface area contributed by atoms with Crippen LogP contribution < -0.4 is 5.90 Å². The molecule has 0 saturated carbocycles. The molecule has 118 valence electrons. The molecule has 1 aromatic rings. The number of rotatable bonds is 4. The van der Waals surface area contributed by atoms with E-state index in [-0.39, 0.29) is 0 Å². The normalized spacial score (nSPS) is 23.3. The number of hydrogen-bond donors (Lipinski definition) is 1. The summed E-state index contributed by atoms with van der Waals surface area (Å²) >= 11 is 0. The van der Waals surface area contributed by atoms with Gasteiger partial charge in [0, 0.05) is 18.5 Å². The standard InChI is InChI=1S/C18H30N2O/c1-13(2)20-11-7-10-16(12-20)18(5,21-19)17-14(3)8-6-9-15(17)4/h6,8-9,13,16H,7,10-12,19H2,1-5H3. The predicted octanol–water partition coefficient (Wildman–Crippen LogP) is 3.53. The van der Waals surface area contributed by atoms with E-state index in [1.807, 2.05) is 0 Å². The third kappa shape index (κ3) is 3.15. The summed E-state index contributed by atoms with van der Waals surface area (Å²) in [6, 6.07) is 6.99. The van der Waals surface area contributed by atoms with Gasteiger partial charge in [0.05, 0.1) is 0 Å². The number of nitrogens with two attached hydrogens (primary N) is 1. The zero-order valence-corrected chi connectivity index (χ0v) is 14.1. The van der Waals surface area contributed by atoms with E-state index in [4.69, 9.17) is 10.7 Å². The van der Waals surface area contributed by atoms with E-state index in [1.165, 1.54) is 36.1 Å². The van der Waals surface area contributed by atoms with Crippen LogP contribution in [0.3, 0.4) is 0 Å². The fourth-order valence-electron chi connectivity index (χ4n) is 3.88. The molecule has 1 aliphatic heterocycles. The van der Waals surface area contributed by atoms with Crippen LogP contribution in [0.2, 0.25) is 0 Å². The number of hydrogen-bond acceptors (Lipinski definition) is 3. The number of nitrogens with zero attached hydrogens (tertiary/aromatic N) is 1. The Morgan fingerprint density at radius 2 is 1.90 bits per heavy atom. The maximum atomic E-state index is 5.81. The van der Waals surface area contributed by atoms with E-state index in [0.717, 1.165) is 6.54 Å². The van der Waals surface area contributed by atoms with Gasteiger partial charge in [0.25, 0.3) is 0 Å². The summed E-state index contributed by atoms with van der Waals surface area (Å²) in [5, 5.41) is 0. The predicted molar refractivity (Wildman–Crippen MR) is 88.0 cm³/mol. The maximum Gasteiger partial charge on any atom is 0.116 e. The first-order valence-electron chi connectivity index (χ1n) is 8.08. The van der Waals surface area contributed by atoms with Crippen LogP contribution in [-0.2, 0) is 10.4 Å². The lowest BCUT2D eigenvalue weighted by Crippen LogP contribution is -2.49. The summed E-state index contributed by atoms with van der Waals surface area (Å²) < 4.78 is 0. The second-order valence-corrected chi connectivity index (χ2v) is 6.92. The highest BCUT2D eigenvalue weighted by Gasteiger charge is 2.41. The molecule has 0 aliphatic carbocycles. The topological polar surface area (TPSA) is 38.5 Å². The zero-order chi connectivity index (χ0) is 15.6. The van der Waals surface area contributed by atoms with Crippen molar-refractivity contribution in [3.63, 3.8) is 0 Å². The summed E-state index contributed by atoms with van der Waals surface area (Å²) in [5.74, 6) is 6.24. The van der Waals surface area contributed by atoms with Crippen LogP contribution in [0.25, 0.3) is 0 Å². The lowest BCUT2D eigenvalue weighted by atomic mass is 9.75. The van der Waals surface area contributed by atoms with Gasteiger partial charge >= 0.3 is 0 Å². The molecule has 1 heterocycles. The minimum atomic E-state index is -0.414. The van der Waals surface area contributed by atoms with Crippen LogP contribution in [0, 0.1) is 19.8 Å². The van der Waals surface area contributed by atoms with Gasteiger partial charge in [0.2, 0.25) is 0 Å². The molecule has 1 aliphatic rings. The Morgan fingerprint density at radius 3 is 2.43 bits per heavy atom. The van der Waals surface area contributed by atoms with Crippen molar-refractivity contribution in [2.24, 2.45) is 11.8 Å². The van der Waals surface area contributed by atoms with Crippen molar-refractivity contribution in [3.05, 3.63) is 34.9 Å². The van der Waals surface area contributed by atoms with Gasteiger partial charge in [-0.25, -0.2) is 5.90 Å². The first-order valence-corrected chi connectivity index (χ1v) is 8.08. The Hall–Kier alpha value is -0.900. The summed E-state index contributed by atoms with van der Waals surface area (Å²) in [6.07, 6.45) is 2.39. The fourth-order valence-corrected chi connectivity index (χ4v) is 3.88. The highest BCUT2D eigenvalue weighted by molar-refractivity contribution is 5.38. The Morgan fingerprint density at radius 1 is 1.29 bits per heavy atom. The van der Waals surface area contributed by atoms with Gasteiger partial charge in [0.15, 0.2) is 0 Å². The Bertz CT molecular complexity index is 466. The fraction of sp³-hybridized carbons (Fsp3) is 0.667. The molecule has 0 bridgehead atoms. The second kappa shape index (κ2) is 6.47. The number of aryl methyl sites for hydroxylation is 2. The smallest absolute Gasteiger partial charge is 0.116 e. The minimum Gasteiger partial charge on any atom is -0.301 e. The van der Waals surface area contributed by atoms with Crippen LogP contribution in [0.4, 0.5) is 0 Å². The number of likely N-dealkylation sites (tertiary alicyclic amines) is 1. The first-order chi connectivity index (χ1) is 9.90. The van der Waals surface area contributed by atoms with E-state index in [2.05, 4.69) is 57.7 Å². The lowest BCUT2D eigenvalue weighted by Gasteiger charge is -2.44. The van der Waals surface area contributed by atoms with Gasteiger partial charge in [-0.05, 0) is 70.7 Å². The molecule has 21 heavy (non-hydrogen) atoms. The van der Waals surface area contributed by atoms with Crippen LogP contribution in [0.1, 0.15) is 50.3 Å². The van der Waals surface area contributed by atoms with Crippen molar-refractivity contribution in [3.8, 4) is 0 Å². The Labute approximate surface area is 129 Å². The third-order valence-corrected chi connectivity index (χ3v) is 5.18. The molecule has 0 aromatic heterocycles. The van der Waals surface area contributed by atoms with E-state index < -0.39 is 5.60 Å². The second-order valence-electron chi connectivity index (χ2n) is 6.92. The molecule has 2 rings (SSSR count). The molecule has 0 radical (unpaired) electrons. The third-order valence-electron chi connectivity index (χ3n) is 5.18. The molecular formula is C18H30N2O. The summed E-state index contributed by atoms with van der Waals surface area (Å²) in [4.78, 5) is 8.17. The molecule has 3 heteroatoms. The van der Waals surface area contributed by atoms with E-state index in [9.17, 15) is 0 Å². The average molecular weight is 290 g/mol. The summed E-state index contributed by atoms with van der Waals surface area (Å²) in [6.45, 7) is 13.2. The van der Waals surface area contributed by atoms with Crippen LogP contribution >= 0.6 is 0 Å². The monoisotopic (exact) mass is 290 g/mol. The number of benzene rings is 1. The van der Waals surface area contributed by atoms with Crippen molar-refractivity contribution in [1.29, 1.82) is 0 Å². The van der Waals surface area contributed by atoms with E-state index in [1.54, 1.807) is 0 Å². The molecule has 1 fully saturated rings. The summed E-state index contributed by atoms with van der Waals surface area (Å²) in [7, 11) is 0.